The zero-order valence-corrected chi connectivity index (χ0v) is 11.6. The molecular weight excluding hydrogens is 236 g/mol. The maximum absolute atomic E-state index is 9.62. The number of benzene rings is 1. The molecule has 0 saturated heterocycles. The standard InChI is InChI=1S/C16H20N2O/c1-12-15(16(11-19)8-9-16)13(2)18(17-12)10-14-6-4-3-5-7-14/h3-7,19H,8-11H2,1-2H3. The van der Waals surface area contributed by atoms with Crippen molar-refractivity contribution in [3.63, 3.8) is 0 Å². The van der Waals surface area contributed by atoms with Crippen molar-refractivity contribution in [2.45, 2.75) is 38.6 Å². The van der Waals surface area contributed by atoms with Crippen molar-refractivity contribution >= 4 is 0 Å². The molecule has 1 fully saturated rings. The number of hydrogen-bond acceptors (Lipinski definition) is 2. The van der Waals surface area contributed by atoms with Gasteiger partial charge in [0.05, 0.1) is 18.8 Å². The van der Waals surface area contributed by atoms with E-state index < -0.39 is 0 Å². The van der Waals surface area contributed by atoms with Crippen LogP contribution in [-0.4, -0.2) is 21.5 Å². The van der Waals surface area contributed by atoms with Gasteiger partial charge in [-0.1, -0.05) is 30.3 Å². The van der Waals surface area contributed by atoms with Crippen molar-refractivity contribution in [2.75, 3.05) is 6.61 Å². The molecule has 3 rings (SSSR count). The summed E-state index contributed by atoms with van der Waals surface area (Å²) in [5, 5.41) is 14.3. The van der Waals surface area contributed by atoms with E-state index in [0.29, 0.717) is 0 Å². The van der Waals surface area contributed by atoms with E-state index in [0.717, 1.165) is 25.1 Å². The fourth-order valence-corrected chi connectivity index (χ4v) is 3.01. The number of aryl methyl sites for hydroxylation is 1. The highest BCUT2D eigenvalue weighted by molar-refractivity contribution is 5.38. The summed E-state index contributed by atoms with van der Waals surface area (Å²) in [5.74, 6) is 0. The lowest BCUT2D eigenvalue weighted by Crippen LogP contribution is -2.14. The monoisotopic (exact) mass is 256 g/mol. The minimum Gasteiger partial charge on any atom is -0.395 e. The third kappa shape index (κ3) is 2.08. The summed E-state index contributed by atoms with van der Waals surface area (Å²) in [4.78, 5) is 0. The molecule has 0 unspecified atom stereocenters. The second-order valence-corrected chi connectivity index (χ2v) is 5.63. The van der Waals surface area contributed by atoms with Crippen LogP contribution in [0.1, 0.15) is 35.4 Å². The molecule has 1 saturated carbocycles. The van der Waals surface area contributed by atoms with Gasteiger partial charge in [0.15, 0.2) is 0 Å². The van der Waals surface area contributed by atoms with Crippen molar-refractivity contribution < 1.29 is 5.11 Å². The van der Waals surface area contributed by atoms with E-state index in [2.05, 4.69) is 47.9 Å². The van der Waals surface area contributed by atoms with E-state index in [9.17, 15) is 5.11 Å². The third-order valence-electron chi connectivity index (χ3n) is 4.24. The molecule has 1 aliphatic rings. The van der Waals surface area contributed by atoms with Crippen molar-refractivity contribution in [1.82, 2.24) is 9.78 Å². The molecule has 0 spiro atoms. The van der Waals surface area contributed by atoms with Crippen LogP contribution in [-0.2, 0) is 12.0 Å². The van der Waals surface area contributed by atoms with Crippen LogP contribution in [0.2, 0.25) is 0 Å². The van der Waals surface area contributed by atoms with Gasteiger partial charge in [-0.05, 0) is 32.3 Å². The number of rotatable bonds is 4. The first-order chi connectivity index (χ1) is 9.16. The zero-order chi connectivity index (χ0) is 13.5. The summed E-state index contributed by atoms with van der Waals surface area (Å²) < 4.78 is 2.07. The average Bonchev–Trinajstić information content (AvgIpc) is 3.15. The Morgan fingerprint density at radius 2 is 1.89 bits per heavy atom. The van der Waals surface area contributed by atoms with Crippen molar-refractivity contribution in [2.24, 2.45) is 0 Å². The third-order valence-corrected chi connectivity index (χ3v) is 4.24. The van der Waals surface area contributed by atoms with Crippen LogP contribution in [0.4, 0.5) is 0 Å². The number of aliphatic hydroxyl groups is 1. The Kier molecular flexibility index (Phi) is 2.94. The Balaban J connectivity index is 1.94. The second kappa shape index (κ2) is 4.49. The first-order valence-electron chi connectivity index (χ1n) is 6.85. The molecule has 0 amide bonds. The summed E-state index contributed by atoms with van der Waals surface area (Å²) in [6.45, 7) is 5.22. The lowest BCUT2D eigenvalue weighted by molar-refractivity contribution is 0.254. The summed E-state index contributed by atoms with van der Waals surface area (Å²) in [6, 6.07) is 10.4. The molecule has 0 aliphatic heterocycles. The first-order valence-corrected chi connectivity index (χ1v) is 6.85. The van der Waals surface area contributed by atoms with Gasteiger partial charge in [-0.3, -0.25) is 4.68 Å². The largest absolute Gasteiger partial charge is 0.395 e. The Morgan fingerprint density at radius 3 is 2.47 bits per heavy atom. The molecule has 0 bridgehead atoms. The molecule has 1 aromatic heterocycles. The van der Waals surface area contributed by atoms with Crippen LogP contribution >= 0.6 is 0 Å². The normalized spacial score (nSPS) is 16.6. The molecule has 1 aromatic carbocycles. The molecule has 100 valence electrons. The van der Waals surface area contributed by atoms with Gasteiger partial charge in [-0.2, -0.15) is 5.10 Å². The van der Waals surface area contributed by atoms with Gasteiger partial charge >= 0.3 is 0 Å². The van der Waals surface area contributed by atoms with E-state index in [-0.39, 0.29) is 12.0 Å². The molecule has 1 aliphatic carbocycles. The van der Waals surface area contributed by atoms with E-state index in [1.54, 1.807) is 0 Å². The molecule has 3 heteroatoms. The minimum absolute atomic E-state index is 0.00308. The van der Waals surface area contributed by atoms with Crippen molar-refractivity contribution in [3.05, 3.63) is 52.8 Å². The maximum Gasteiger partial charge on any atom is 0.0662 e. The van der Waals surface area contributed by atoms with Crippen LogP contribution < -0.4 is 0 Å². The van der Waals surface area contributed by atoms with Crippen molar-refractivity contribution in [3.8, 4) is 0 Å². The van der Waals surface area contributed by atoms with Crippen LogP contribution in [0.3, 0.4) is 0 Å². The van der Waals surface area contributed by atoms with E-state index >= 15 is 0 Å². The maximum atomic E-state index is 9.62. The van der Waals surface area contributed by atoms with Gasteiger partial charge < -0.3 is 5.11 Å². The summed E-state index contributed by atoms with van der Waals surface area (Å²) >= 11 is 0. The fraction of sp³-hybridized carbons (Fsp3) is 0.438. The molecule has 3 nitrogen and oxygen atoms in total. The number of aromatic nitrogens is 2. The fourth-order valence-electron chi connectivity index (χ4n) is 3.01. The number of hydrogen-bond donors (Lipinski definition) is 1. The van der Waals surface area contributed by atoms with E-state index in [1.165, 1.54) is 16.8 Å². The van der Waals surface area contributed by atoms with Gasteiger partial charge in [0.2, 0.25) is 0 Å². The van der Waals surface area contributed by atoms with Crippen LogP contribution in [0.5, 0.6) is 0 Å². The number of aliphatic hydroxyl groups excluding tert-OH is 1. The molecule has 19 heavy (non-hydrogen) atoms. The highest BCUT2D eigenvalue weighted by Gasteiger charge is 2.47. The molecule has 0 atom stereocenters. The first kappa shape index (κ1) is 12.4. The average molecular weight is 256 g/mol. The summed E-state index contributed by atoms with van der Waals surface area (Å²) in [7, 11) is 0. The van der Waals surface area contributed by atoms with Crippen molar-refractivity contribution in [1.29, 1.82) is 0 Å². The Hall–Kier alpha value is -1.61. The predicted molar refractivity (Wildman–Crippen MR) is 75.2 cm³/mol. The molecule has 1 N–H and O–H groups in total. The van der Waals surface area contributed by atoms with E-state index in [4.69, 9.17) is 0 Å². The van der Waals surface area contributed by atoms with Crippen LogP contribution in [0.15, 0.2) is 30.3 Å². The Bertz CT molecular complexity index is 582. The molecular formula is C16H20N2O. The SMILES string of the molecule is Cc1nn(Cc2ccccc2)c(C)c1C1(CO)CC1. The predicted octanol–water partition coefficient (Wildman–Crippen LogP) is 2.57. The Labute approximate surface area is 113 Å². The quantitative estimate of drug-likeness (QED) is 0.913. The molecule has 1 heterocycles. The molecule has 0 radical (unpaired) electrons. The van der Waals surface area contributed by atoms with Gasteiger partial charge in [0, 0.05) is 16.7 Å². The Morgan fingerprint density at radius 1 is 1.21 bits per heavy atom. The smallest absolute Gasteiger partial charge is 0.0662 e. The van der Waals surface area contributed by atoms with Crippen LogP contribution in [0.25, 0.3) is 0 Å². The van der Waals surface area contributed by atoms with Gasteiger partial charge in [0.1, 0.15) is 0 Å². The highest BCUT2D eigenvalue weighted by atomic mass is 16.3. The summed E-state index contributed by atoms with van der Waals surface area (Å²) in [5.41, 5.74) is 4.80. The minimum atomic E-state index is 0.00308. The highest BCUT2D eigenvalue weighted by Crippen LogP contribution is 2.49. The van der Waals surface area contributed by atoms with E-state index in [1.807, 2.05) is 6.07 Å². The zero-order valence-electron chi connectivity index (χ0n) is 11.6. The lowest BCUT2D eigenvalue weighted by atomic mass is 9.95. The van der Waals surface area contributed by atoms with Crippen LogP contribution in [0, 0.1) is 13.8 Å². The topological polar surface area (TPSA) is 38.0 Å². The number of nitrogens with zero attached hydrogens (tertiary/aromatic N) is 2. The van der Waals surface area contributed by atoms with Gasteiger partial charge in [0.25, 0.3) is 0 Å². The van der Waals surface area contributed by atoms with Gasteiger partial charge in [-0.15, -0.1) is 0 Å². The molecule has 2 aromatic rings. The second-order valence-electron chi connectivity index (χ2n) is 5.63. The lowest BCUT2D eigenvalue weighted by Gasteiger charge is -2.13. The van der Waals surface area contributed by atoms with Gasteiger partial charge in [-0.25, -0.2) is 0 Å². The summed E-state index contributed by atoms with van der Waals surface area (Å²) in [6.07, 6.45) is 2.17.